The number of aromatic carboxylic acids is 1. The quantitative estimate of drug-likeness (QED) is 0.236. The van der Waals surface area contributed by atoms with Crippen molar-refractivity contribution in [1.82, 2.24) is 14.5 Å². The Balaban J connectivity index is 1.52. The van der Waals surface area contributed by atoms with E-state index in [0.717, 1.165) is 6.07 Å². The molecule has 0 saturated carbocycles. The van der Waals surface area contributed by atoms with Crippen LogP contribution in [0.1, 0.15) is 33.0 Å². The fourth-order valence-corrected chi connectivity index (χ4v) is 5.76. The lowest BCUT2D eigenvalue weighted by Crippen LogP contribution is -2.27. The number of thiophene rings is 1. The van der Waals surface area contributed by atoms with Gasteiger partial charge in [0.2, 0.25) is 0 Å². The first-order valence-electron chi connectivity index (χ1n) is 12.2. The fraction of sp³-hybridized carbons (Fsp3) is 0.179. The molecule has 0 unspecified atom stereocenters. The highest BCUT2D eigenvalue weighted by Crippen LogP contribution is 2.40. The molecule has 2 aromatic carbocycles. The summed E-state index contributed by atoms with van der Waals surface area (Å²) >= 11 is 7.50. The van der Waals surface area contributed by atoms with E-state index in [0.29, 0.717) is 38.4 Å². The number of pyridine rings is 1. The molecule has 0 saturated heterocycles. The average molecular weight is 614 g/mol. The summed E-state index contributed by atoms with van der Waals surface area (Å²) < 4.78 is 47.8. The summed E-state index contributed by atoms with van der Waals surface area (Å²) in [5.41, 5.74) is 5.35. The van der Waals surface area contributed by atoms with Gasteiger partial charge in [-0.15, -0.1) is 11.3 Å². The number of fused-ring (bicyclic) bond motifs is 2. The SMILES string of the molecule is Cc1nc2cc(C(F)(F)F)cc(C#N)c2c(=O)n1CCOc1ccc(Cl)cc1-c1cc(CN)nc2c(C(=O)O)csc12. The second kappa shape index (κ2) is 11.1. The molecule has 3 aromatic heterocycles. The monoisotopic (exact) mass is 613 g/mol. The lowest BCUT2D eigenvalue weighted by molar-refractivity contribution is -0.137. The third-order valence-electron chi connectivity index (χ3n) is 6.52. The smallest absolute Gasteiger partial charge is 0.416 e. The Bertz CT molecular complexity index is 2000. The van der Waals surface area contributed by atoms with Crippen LogP contribution in [-0.4, -0.2) is 32.2 Å². The first kappa shape index (κ1) is 29.0. The van der Waals surface area contributed by atoms with E-state index in [9.17, 15) is 33.1 Å². The molecule has 14 heteroatoms. The number of carboxylic acids is 1. The van der Waals surface area contributed by atoms with Crippen molar-refractivity contribution >= 4 is 50.0 Å². The largest absolute Gasteiger partial charge is 0.491 e. The van der Waals surface area contributed by atoms with Crippen LogP contribution in [0.15, 0.2) is 46.6 Å². The van der Waals surface area contributed by atoms with E-state index in [1.54, 1.807) is 30.3 Å². The van der Waals surface area contributed by atoms with Gasteiger partial charge in [0.05, 0.1) is 50.0 Å². The molecule has 0 aliphatic rings. The van der Waals surface area contributed by atoms with Gasteiger partial charge < -0.3 is 15.6 Å². The molecular formula is C28H19ClF3N5O4S. The van der Waals surface area contributed by atoms with E-state index in [1.165, 1.54) is 28.2 Å². The van der Waals surface area contributed by atoms with E-state index >= 15 is 0 Å². The average Bonchev–Trinajstić information content (AvgIpc) is 3.38. The molecule has 0 fully saturated rings. The maximum absolute atomic E-state index is 13.3. The van der Waals surface area contributed by atoms with Gasteiger partial charge >= 0.3 is 12.1 Å². The lowest BCUT2D eigenvalue weighted by Gasteiger charge is -2.16. The van der Waals surface area contributed by atoms with Gasteiger partial charge in [-0.2, -0.15) is 18.4 Å². The van der Waals surface area contributed by atoms with Crippen molar-refractivity contribution in [1.29, 1.82) is 5.26 Å². The molecule has 0 aliphatic heterocycles. The molecule has 0 spiro atoms. The van der Waals surface area contributed by atoms with E-state index < -0.39 is 28.8 Å². The number of carbonyl (C=O) groups is 1. The number of ether oxygens (including phenoxy) is 1. The molecule has 5 rings (SSSR count). The Morgan fingerprint density at radius 3 is 2.64 bits per heavy atom. The minimum Gasteiger partial charge on any atom is -0.491 e. The maximum Gasteiger partial charge on any atom is 0.416 e. The van der Waals surface area contributed by atoms with Crippen molar-refractivity contribution in [2.24, 2.45) is 5.73 Å². The number of carboxylic acid groups (broad SMARTS) is 1. The van der Waals surface area contributed by atoms with Gasteiger partial charge in [-0.1, -0.05) is 11.6 Å². The summed E-state index contributed by atoms with van der Waals surface area (Å²) in [5, 5.41) is 20.7. The first-order valence-corrected chi connectivity index (χ1v) is 13.5. The predicted octanol–water partition coefficient (Wildman–Crippen LogP) is 5.76. The number of alkyl halides is 3. The van der Waals surface area contributed by atoms with Crippen molar-refractivity contribution in [2.75, 3.05) is 6.61 Å². The minimum atomic E-state index is -4.71. The number of nitrogens with two attached hydrogens (primary N) is 1. The molecule has 0 radical (unpaired) electrons. The summed E-state index contributed by atoms with van der Waals surface area (Å²) in [5.74, 6) is -0.624. The number of nitriles is 1. The zero-order valence-corrected chi connectivity index (χ0v) is 23.2. The predicted molar refractivity (Wildman–Crippen MR) is 151 cm³/mol. The van der Waals surface area contributed by atoms with Crippen LogP contribution in [0.5, 0.6) is 5.75 Å². The molecule has 214 valence electrons. The van der Waals surface area contributed by atoms with Crippen LogP contribution >= 0.6 is 22.9 Å². The molecule has 0 amide bonds. The standard InChI is InChI=1S/C28H19ClF3N5O4S/c1-13-35-21-7-15(28(30,31)32)6-14(10-33)23(21)26(38)37(13)4-5-41-22-3-2-16(29)8-18(22)19-9-17(11-34)36-24-20(27(39)40)12-42-25(19)24/h2-3,6-9,12H,4-5,11,34H2,1H3,(H,39,40). The number of aromatic nitrogens is 3. The van der Waals surface area contributed by atoms with E-state index in [4.69, 9.17) is 22.1 Å². The second-order valence-electron chi connectivity index (χ2n) is 9.13. The Kier molecular flexibility index (Phi) is 7.63. The zero-order valence-electron chi connectivity index (χ0n) is 21.6. The van der Waals surface area contributed by atoms with Gasteiger partial charge in [-0.3, -0.25) is 9.36 Å². The van der Waals surface area contributed by atoms with E-state index in [2.05, 4.69) is 9.97 Å². The minimum absolute atomic E-state index is 0.0359. The Hall–Kier alpha value is -4.51. The van der Waals surface area contributed by atoms with Crippen LogP contribution < -0.4 is 16.0 Å². The highest BCUT2D eigenvalue weighted by molar-refractivity contribution is 7.18. The van der Waals surface area contributed by atoms with E-state index in [-0.39, 0.29) is 47.5 Å². The highest BCUT2D eigenvalue weighted by Gasteiger charge is 2.32. The van der Waals surface area contributed by atoms with Crippen LogP contribution in [-0.2, 0) is 19.3 Å². The summed E-state index contributed by atoms with van der Waals surface area (Å²) in [7, 11) is 0. The normalized spacial score (nSPS) is 11.6. The Morgan fingerprint density at radius 2 is 1.98 bits per heavy atom. The van der Waals surface area contributed by atoms with Crippen LogP contribution in [0.25, 0.3) is 32.2 Å². The molecule has 5 aromatic rings. The second-order valence-corrected chi connectivity index (χ2v) is 10.4. The van der Waals surface area contributed by atoms with Gasteiger partial charge in [-0.05, 0) is 43.3 Å². The number of rotatable bonds is 7. The van der Waals surface area contributed by atoms with Crippen LogP contribution in [0.4, 0.5) is 13.2 Å². The Morgan fingerprint density at radius 1 is 1.21 bits per heavy atom. The molecule has 42 heavy (non-hydrogen) atoms. The van der Waals surface area contributed by atoms with Gasteiger partial charge in [0, 0.05) is 28.1 Å². The number of aryl methyl sites for hydroxylation is 1. The first-order chi connectivity index (χ1) is 19.9. The fourth-order valence-electron chi connectivity index (χ4n) is 4.58. The number of hydrogen-bond acceptors (Lipinski definition) is 8. The van der Waals surface area contributed by atoms with Gasteiger partial charge in [0.15, 0.2) is 0 Å². The molecule has 9 nitrogen and oxygen atoms in total. The number of nitrogens with zero attached hydrogens (tertiary/aromatic N) is 4. The number of halogens is 4. The van der Waals surface area contributed by atoms with Crippen LogP contribution in [0, 0.1) is 18.3 Å². The number of benzene rings is 2. The maximum atomic E-state index is 13.3. The van der Waals surface area contributed by atoms with Crippen molar-refractivity contribution < 1.29 is 27.8 Å². The molecular weight excluding hydrogens is 595 g/mol. The lowest BCUT2D eigenvalue weighted by atomic mass is 10.0. The third kappa shape index (κ3) is 5.27. The third-order valence-corrected chi connectivity index (χ3v) is 7.75. The summed E-state index contributed by atoms with van der Waals surface area (Å²) in [6, 6.07) is 9.65. The number of hydrogen-bond donors (Lipinski definition) is 2. The van der Waals surface area contributed by atoms with E-state index in [1.807, 2.05) is 0 Å². The van der Waals surface area contributed by atoms with Crippen molar-refractivity contribution in [2.45, 2.75) is 26.2 Å². The topological polar surface area (TPSA) is 144 Å². The van der Waals surface area contributed by atoms with Gasteiger partial charge in [-0.25, -0.2) is 14.8 Å². The summed E-state index contributed by atoms with van der Waals surface area (Å²) in [4.78, 5) is 33.6. The van der Waals surface area contributed by atoms with Crippen molar-refractivity contribution in [3.05, 3.63) is 85.4 Å². The molecule has 0 atom stereocenters. The zero-order chi connectivity index (χ0) is 30.3. The van der Waals surface area contributed by atoms with Gasteiger partial charge in [0.1, 0.15) is 24.3 Å². The molecule has 0 aliphatic carbocycles. The molecule has 0 bridgehead atoms. The summed E-state index contributed by atoms with van der Waals surface area (Å²) in [6.07, 6.45) is -4.71. The van der Waals surface area contributed by atoms with Crippen molar-refractivity contribution in [3.8, 4) is 22.9 Å². The Labute approximate surface area is 244 Å². The van der Waals surface area contributed by atoms with Crippen LogP contribution in [0.2, 0.25) is 5.02 Å². The summed E-state index contributed by atoms with van der Waals surface area (Å²) in [6.45, 7) is 1.43. The van der Waals surface area contributed by atoms with Crippen molar-refractivity contribution in [3.63, 3.8) is 0 Å². The van der Waals surface area contributed by atoms with Gasteiger partial charge in [0.25, 0.3) is 5.56 Å². The van der Waals surface area contributed by atoms with Crippen LogP contribution in [0.3, 0.4) is 0 Å². The molecule has 3 N–H and O–H groups in total. The molecule has 3 heterocycles. The highest BCUT2D eigenvalue weighted by atomic mass is 35.5.